The van der Waals surface area contributed by atoms with Crippen LogP contribution in [0.2, 0.25) is 5.02 Å². The fraction of sp³-hybridized carbons (Fsp3) is 0.214. The van der Waals surface area contributed by atoms with E-state index in [9.17, 15) is 18.0 Å². The lowest BCUT2D eigenvalue weighted by Gasteiger charge is -2.25. The monoisotopic (exact) mass is 509 g/mol. The van der Waals surface area contributed by atoms with E-state index in [1.165, 1.54) is 4.68 Å². The number of hydrogen-bond acceptors (Lipinski definition) is 2. The summed E-state index contributed by atoms with van der Waals surface area (Å²) in [5.74, 6) is -0.0970. The molecule has 1 amide bonds. The molecule has 1 aliphatic heterocycles. The van der Waals surface area contributed by atoms with E-state index in [-0.39, 0.29) is 22.7 Å². The molecule has 8 heteroatoms. The van der Waals surface area contributed by atoms with Crippen molar-refractivity contribution in [1.82, 2.24) is 14.7 Å². The van der Waals surface area contributed by atoms with Crippen LogP contribution in [-0.2, 0) is 6.18 Å². The maximum atomic E-state index is 13.5. The van der Waals surface area contributed by atoms with E-state index in [0.717, 1.165) is 30.0 Å². The predicted molar refractivity (Wildman–Crippen MR) is 133 cm³/mol. The van der Waals surface area contributed by atoms with Gasteiger partial charge in [0.1, 0.15) is 0 Å². The third-order valence-corrected chi connectivity index (χ3v) is 6.80. The van der Waals surface area contributed by atoms with Gasteiger partial charge in [0, 0.05) is 17.7 Å². The second kappa shape index (κ2) is 9.47. The summed E-state index contributed by atoms with van der Waals surface area (Å²) >= 11 is 6.26. The standard InChI is InChI=1S/C28H23ClF3N3O/c1-18-8-10-19(11-9-18)23-7-4-16-34(23)27(36)21-14-12-20(13-15-21)25-17-26(28(30,31)32)33-35(25)24-6-3-2-5-22(24)29/h2-3,5-6,8-15,17,23H,4,7,16H2,1H3. The van der Waals surface area contributed by atoms with Crippen molar-refractivity contribution in [3.8, 4) is 16.9 Å². The fourth-order valence-corrected chi connectivity index (χ4v) is 4.84. The van der Waals surface area contributed by atoms with E-state index in [4.69, 9.17) is 11.6 Å². The van der Waals surface area contributed by atoms with Gasteiger partial charge >= 0.3 is 6.18 Å². The van der Waals surface area contributed by atoms with Crippen LogP contribution < -0.4 is 0 Å². The van der Waals surface area contributed by atoms with Crippen molar-refractivity contribution >= 4 is 17.5 Å². The largest absolute Gasteiger partial charge is 0.435 e. The van der Waals surface area contributed by atoms with Crippen LogP contribution >= 0.6 is 11.6 Å². The number of halogens is 4. The van der Waals surface area contributed by atoms with Crippen molar-refractivity contribution in [1.29, 1.82) is 0 Å². The number of carbonyl (C=O) groups is 1. The minimum atomic E-state index is -4.61. The van der Waals surface area contributed by atoms with Crippen LogP contribution in [0, 0.1) is 6.92 Å². The van der Waals surface area contributed by atoms with E-state index in [2.05, 4.69) is 17.2 Å². The Hall–Kier alpha value is -3.58. The van der Waals surface area contributed by atoms with E-state index >= 15 is 0 Å². The second-order valence-electron chi connectivity index (χ2n) is 8.92. The highest BCUT2D eigenvalue weighted by atomic mass is 35.5. The van der Waals surface area contributed by atoms with Crippen LogP contribution in [0.15, 0.2) is 78.9 Å². The third kappa shape index (κ3) is 4.63. The molecular formula is C28H23ClF3N3O. The maximum absolute atomic E-state index is 13.5. The summed E-state index contributed by atoms with van der Waals surface area (Å²) in [5, 5.41) is 4.07. The van der Waals surface area contributed by atoms with Gasteiger partial charge in [0.15, 0.2) is 5.69 Å². The van der Waals surface area contributed by atoms with Gasteiger partial charge in [-0.25, -0.2) is 4.68 Å². The molecule has 1 aromatic heterocycles. The number of nitrogens with zero attached hydrogens (tertiary/aromatic N) is 3. The van der Waals surface area contributed by atoms with Gasteiger partial charge in [-0.3, -0.25) is 4.79 Å². The zero-order valence-electron chi connectivity index (χ0n) is 19.5. The second-order valence-corrected chi connectivity index (χ2v) is 9.33. The molecule has 1 unspecified atom stereocenters. The summed E-state index contributed by atoms with van der Waals surface area (Å²) in [6.45, 7) is 2.69. The zero-order valence-corrected chi connectivity index (χ0v) is 20.2. The molecule has 1 atom stereocenters. The summed E-state index contributed by atoms with van der Waals surface area (Å²) in [6.07, 6.45) is -2.80. The van der Waals surface area contributed by atoms with Gasteiger partial charge in [0.25, 0.3) is 5.91 Å². The van der Waals surface area contributed by atoms with Gasteiger partial charge in [-0.15, -0.1) is 0 Å². The molecule has 36 heavy (non-hydrogen) atoms. The molecule has 4 nitrogen and oxygen atoms in total. The van der Waals surface area contributed by atoms with Gasteiger partial charge in [0.05, 0.1) is 22.4 Å². The lowest BCUT2D eigenvalue weighted by Crippen LogP contribution is -2.30. The average molecular weight is 510 g/mol. The quantitative estimate of drug-likeness (QED) is 0.286. The van der Waals surface area contributed by atoms with Crippen molar-refractivity contribution in [2.45, 2.75) is 32.0 Å². The number of hydrogen-bond donors (Lipinski definition) is 0. The molecule has 0 N–H and O–H groups in total. The summed E-state index contributed by atoms with van der Waals surface area (Å²) in [4.78, 5) is 15.2. The molecule has 1 saturated heterocycles. The van der Waals surface area contributed by atoms with E-state index in [1.54, 1.807) is 48.5 Å². The Morgan fingerprint density at radius 2 is 1.69 bits per heavy atom. The number of aromatic nitrogens is 2. The molecule has 4 aromatic rings. The normalized spacial score (nSPS) is 15.9. The van der Waals surface area contributed by atoms with Gasteiger partial charge < -0.3 is 4.90 Å². The Labute approximate surface area is 211 Å². The van der Waals surface area contributed by atoms with E-state index in [0.29, 0.717) is 23.4 Å². The molecule has 1 aliphatic rings. The molecule has 5 rings (SSSR count). The Bertz CT molecular complexity index is 1400. The summed E-state index contributed by atoms with van der Waals surface area (Å²) < 4.78 is 41.7. The minimum absolute atomic E-state index is 0.00812. The number of rotatable bonds is 4. The van der Waals surface area contributed by atoms with Crippen molar-refractivity contribution in [3.63, 3.8) is 0 Å². The van der Waals surface area contributed by atoms with Gasteiger partial charge in [-0.05, 0) is 55.7 Å². The molecule has 0 bridgehead atoms. The highest BCUT2D eigenvalue weighted by Gasteiger charge is 2.36. The molecule has 0 saturated carbocycles. The van der Waals surface area contributed by atoms with Gasteiger partial charge in [-0.1, -0.05) is 65.7 Å². The highest BCUT2D eigenvalue weighted by Crippen LogP contribution is 2.36. The first kappa shape index (κ1) is 24.1. The van der Waals surface area contributed by atoms with Crippen LogP contribution in [-0.4, -0.2) is 27.1 Å². The molecule has 3 aromatic carbocycles. The molecule has 184 valence electrons. The number of likely N-dealkylation sites (tertiary alicyclic amines) is 1. The fourth-order valence-electron chi connectivity index (χ4n) is 4.63. The topological polar surface area (TPSA) is 38.1 Å². The minimum Gasteiger partial charge on any atom is -0.332 e. The molecule has 0 spiro atoms. The highest BCUT2D eigenvalue weighted by molar-refractivity contribution is 6.32. The average Bonchev–Trinajstić information content (AvgIpc) is 3.53. The maximum Gasteiger partial charge on any atom is 0.435 e. The summed E-state index contributed by atoms with van der Waals surface area (Å²) in [7, 11) is 0. The predicted octanol–water partition coefficient (Wildman–Crippen LogP) is 7.50. The Kier molecular flexibility index (Phi) is 6.35. The van der Waals surface area contributed by atoms with Crippen molar-refractivity contribution < 1.29 is 18.0 Å². The Morgan fingerprint density at radius 3 is 2.36 bits per heavy atom. The first-order valence-corrected chi connectivity index (χ1v) is 12.0. The van der Waals surface area contributed by atoms with Crippen molar-refractivity contribution in [2.24, 2.45) is 0 Å². The number of benzene rings is 3. The van der Waals surface area contributed by atoms with Crippen LogP contribution in [0.1, 0.15) is 46.1 Å². The number of aryl methyl sites for hydroxylation is 1. The number of carbonyl (C=O) groups excluding carboxylic acids is 1. The number of para-hydroxylation sites is 1. The van der Waals surface area contributed by atoms with E-state index < -0.39 is 11.9 Å². The van der Waals surface area contributed by atoms with Gasteiger partial charge in [0.2, 0.25) is 0 Å². The third-order valence-electron chi connectivity index (χ3n) is 6.48. The van der Waals surface area contributed by atoms with E-state index in [1.807, 2.05) is 24.0 Å². The number of amides is 1. The smallest absolute Gasteiger partial charge is 0.332 e. The van der Waals surface area contributed by atoms with Gasteiger partial charge in [-0.2, -0.15) is 18.3 Å². The first-order chi connectivity index (χ1) is 17.2. The Morgan fingerprint density at radius 1 is 1.00 bits per heavy atom. The number of alkyl halides is 3. The molecule has 2 heterocycles. The summed E-state index contributed by atoms with van der Waals surface area (Å²) in [6, 6.07) is 22.4. The zero-order chi connectivity index (χ0) is 25.4. The van der Waals surface area contributed by atoms with Crippen molar-refractivity contribution in [3.05, 3.63) is 106 Å². The molecule has 0 aliphatic carbocycles. The summed E-state index contributed by atoms with van der Waals surface area (Å²) in [5.41, 5.74) is 2.79. The molecule has 1 fully saturated rings. The Balaban J connectivity index is 1.46. The first-order valence-electron chi connectivity index (χ1n) is 11.6. The van der Waals surface area contributed by atoms with Crippen LogP contribution in [0.3, 0.4) is 0 Å². The molecular weight excluding hydrogens is 487 g/mol. The lowest BCUT2D eigenvalue weighted by molar-refractivity contribution is -0.141. The van der Waals surface area contributed by atoms with Crippen LogP contribution in [0.5, 0.6) is 0 Å². The molecule has 0 radical (unpaired) electrons. The lowest BCUT2D eigenvalue weighted by atomic mass is 10.0. The van der Waals surface area contributed by atoms with Crippen molar-refractivity contribution in [2.75, 3.05) is 6.54 Å². The van der Waals surface area contributed by atoms with Crippen LogP contribution in [0.25, 0.3) is 16.9 Å². The van der Waals surface area contributed by atoms with Crippen LogP contribution in [0.4, 0.5) is 13.2 Å². The SMILES string of the molecule is Cc1ccc(C2CCCN2C(=O)c2ccc(-c3cc(C(F)(F)F)nn3-c3ccccc3Cl)cc2)cc1.